The first-order valence-corrected chi connectivity index (χ1v) is 11.6. The fourth-order valence-electron chi connectivity index (χ4n) is 3.21. The Bertz CT molecular complexity index is 1250. The van der Waals surface area contributed by atoms with Crippen LogP contribution in [0.25, 0.3) is 0 Å². The number of halogens is 3. The minimum Gasteiger partial charge on any atom is -0.495 e. The third-order valence-electron chi connectivity index (χ3n) is 5.10. The van der Waals surface area contributed by atoms with Crippen molar-refractivity contribution in [2.75, 3.05) is 14.2 Å². The monoisotopic (exact) mass is 492 g/mol. The second-order valence-corrected chi connectivity index (χ2v) is 9.50. The Balaban J connectivity index is 1.78. The van der Waals surface area contributed by atoms with E-state index in [1.807, 2.05) is 6.07 Å². The molecule has 0 aliphatic carbocycles. The van der Waals surface area contributed by atoms with Gasteiger partial charge in [-0.3, -0.25) is 4.79 Å². The van der Waals surface area contributed by atoms with E-state index in [0.29, 0.717) is 5.56 Å². The lowest BCUT2D eigenvalue weighted by Crippen LogP contribution is -2.28. The molecule has 3 rings (SSSR count). The first kappa shape index (κ1) is 25.3. The standard InChI is InChI=1S/C24H23F3N2O4S/c1-29(16-18-6-4-3-5-7-18)34(31,32)22-14-19(10-13-21(22)33-2)23(30)28-15-17-8-11-20(12-9-17)24(25,26)27/h3-14H,15-16H2,1-2H3,(H,28,30). The summed E-state index contributed by atoms with van der Waals surface area (Å²) in [5.74, 6) is -0.496. The molecule has 0 aliphatic rings. The normalized spacial score (nSPS) is 11.9. The highest BCUT2D eigenvalue weighted by atomic mass is 32.2. The van der Waals surface area contributed by atoms with E-state index in [2.05, 4.69) is 5.32 Å². The Morgan fingerprint density at radius 1 is 0.971 bits per heavy atom. The lowest BCUT2D eigenvalue weighted by atomic mass is 10.1. The second kappa shape index (κ2) is 10.3. The molecule has 0 saturated heterocycles. The maximum absolute atomic E-state index is 13.2. The van der Waals surface area contributed by atoms with E-state index in [0.717, 1.165) is 22.0 Å². The molecule has 34 heavy (non-hydrogen) atoms. The maximum Gasteiger partial charge on any atom is 0.416 e. The number of nitrogens with zero attached hydrogens (tertiary/aromatic N) is 1. The molecule has 6 nitrogen and oxygen atoms in total. The van der Waals surface area contributed by atoms with Crippen LogP contribution in [0.15, 0.2) is 77.7 Å². The molecule has 0 atom stereocenters. The van der Waals surface area contributed by atoms with Crippen LogP contribution in [-0.4, -0.2) is 32.8 Å². The number of sulfonamides is 1. The van der Waals surface area contributed by atoms with Crippen molar-refractivity contribution < 1.29 is 31.1 Å². The molecule has 0 bridgehead atoms. The van der Waals surface area contributed by atoms with E-state index in [4.69, 9.17) is 4.74 Å². The van der Waals surface area contributed by atoms with Crippen LogP contribution in [0.1, 0.15) is 27.0 Å². The highest BCUT2D eigenvalue weighted by Gasteiger charge is 2.30. The molecule has 0 saturated carbocycles. The van der Waals surface area contributed by atoms with Crippen LogP contribution in [0.4, 0.5) is 13.2 Å². The third-order valence-corrected chi connectivity index (χ3v) is 6.92. The van der Waals surface area contributed by atoms with Crippen LogP contribution in [-0.2, 0) is 29.3 Å². The number of ether oxygens (including phenoxy) is 1. The van der Waals surface area contributed by atoms with Crippen LogP contribution < -0.4 is 10.1 Å². The summed E-state index contributed by atoms with van der Waals surface area (Å²) in [5, 5.41) is 2.59. The van der Waals surface area contributed by atoms with Crippen molar-refractivity contribution in [1.29, 1.82) is 0 Å². The smallest absolute Gasteiger partial charge is 0.416 e. The molecular formula is C24H23F3N2O4S. The quantitative estimate of drug-likeness (QED) is 0.504. The predicted octanol–water partition coefficient (Wildman–Crippen LogP) is 4.46. The summed E-state index contributed by atoms with van der Waals surface area (Å²) in [6.07, 6.45) is -4.44. The van der Waals surface area contributed by atoms with E-state index >= 15 is 0 Å². The fraction of sp³-hybridized carbons (Fsp3) is 0.208. The van der Waals surface area contributed by atoms with Crippen molar-refractivity contribution in [3.8, 4) is 5.75 Å². The number of amides is 1. The van der Waals surface area contributed by atoms with Gasteiger partial charge in [-0.2, -0.15) is 17.5 Å². The molecule has 0 aromatic heterocycles. The molecule has 10 heteroatoms. The highest BCUT2D eigenvalue weighted by molar-refractivity contribution is 7.89. The van der Waals surface area contributed by atoms with Crippen molar-refractivity contribution in [3.63, 3.8) is 0 Å². The molecule has 0 unspecified atom stereocenters. The maximum atomic E-state index is 13.2. The van der Waals surface area contributed by atoms with Gasteiger partial charge in [-0.1, -0.05) is 42.5 Å². The lowest BCUT2D eigenvalue weighted by Gasteiger charge is -2.19. The zero-order valence-corrected chi connectivity index (χ0v) is 19.3. The molecule has 0 spiro atoms. The van der Waals surface area contributed by atoms with Gasteiger partial charge in [0.15, 0.2) is 0 Å². The Kier molecular flexibility index (Phi) is 7.63. The minimum absolute atomic E-state index is 0.0288. The SMILES string of the molecule is COc1ccc(C(=O)NCc2ccc(C(F)(F)F)cc2)cc1S(=O)(=O)N(C)Cc1ccccc1. The van der Waals surface area contributed by atoms with Gasteiger partial charge in [-0.15, -0.1) is 0 Å². The number of alkyl halides is 3. The van der Waals surface area contributed by atoms with Crippen LogP contribution in [0.3, 0.4) is 0 Å². The molecule has 3 aromatic carbocycles. The summed E-state index contributed by atoms with van der Waals surface area (Å²) in [4.78, 5) is 12.5. The van der Waals surface area contributed by atoms with Crippen LogP contribution in [0, 0.1) is 0 Å². The number of rotatable bonds is 8. The van der Waals surface area contributed by atoms with Gasteiger partial charge in [0.25, 0.3) is 5.91 Å². The zero-order valence-electron chi connectivity index (χ0n) is 18.5. The molecule has 0 fully saturated rings. The lowest BCUT2D eigenvalue weighted by molar-refractivity contribution is -0.137. The van der Waals surface area contributed by atoms with Crippen molar-refractivity contribution >= 4 is 15.9 Å². The van der Waals surface area contributed by atoms with Gasteiger partial charge in [0.05, 0.1) is 12.7 Å². The highest BCUT2D eigenvalue weighted by Crippen LogP contribution is 2.30. The first-order chi connectivity index (χ1) is 16.0. The van der Waals surface area contributed by atoms with Gasteiger partial charge in [0.1, 0.15) is 10.6 Å². The van der Waals surface area contributed by atoms with E-state index in [-0.39, 0.29) is 29.3 Å². The van der Waals surface area contributed by atoms with Crippen LogP contribution in [0.5, 0.6) is 5.75 Å². The van der Waals surface area contributed by atoms with E-state index in [1.165, 1.54) is 44.5 Å². The zero-order chi connectivity index (χ0) is 24.9. The van der Waals surface area contributed by atoms with Crippen molar-refractivity contribution in [3.05, 3.63) is 95.1 Å². The van der Waals surface area contributed by atoms with Gasteiger partial charge in [-0.05, 0) is 41.5 Å². The average Bonchev–Trinajstić information content (AvgIpc) is 2.82. The Morgan fingerprint density at radius 2 is 1.62 bits per heavy atom. The van der Waals surface area contributed by atoms with Crippen molar-refractivity contribution in [1.82, 2.24) is 9.62 Å². The summed E-state index contributed by atoms with van der Waals surface area (Å²) in [6, 6.07) is 17.5. The van der Waals surface area contributed by atoms with E-state index in [9.17, 15) is 26.4 Å². The number of carbonyl (C=O) groups excluding carboxylic acids is 1. The number of nitrogens with one attached hydrogen (secondary N) is 1. The summed E-state index contributed by atoms with van der Waals surface area (Å²) in [7, 11) is -1.24. The summed E-state index contributed by atoms with van der Waals surface area (Å²) >= 11 is 0. The van der Waals surface area contributed by atoms with Crippen molar-refractivity contribution in [2.24, 2.45) is 0 Å². The largest absolute Gasteiger partial charge is 0.495 e. The third kappa shape index (κ3) is 5.95. The van der Waals surface area contributed by atoms with Crippen molar-refractivity contribution in [2.45, 2.75) is 24.2 Å². The molecule has 0 aliphatic heterocycles. The fourth-order valence-corrected chi connectivity index (χ4v) is 4.55. The van der Waals surface area contributed by atoms with Gasteiger partial charge in [-0.25, -0.2) is 8.42 Å². The Labute approximate surface area is 196 Å². The van der Waals surface area contributed by atoms with Crippen LogP contribution in [0.2, 0.25) is 0 Å². The van der Waals surface area contributed by atoms with E-state index in [1.54, 1.807) is 24.3 Å². The molecule has 1 amide bonds. The average molecular weight is 493 g/mol. The topological polar surface area (TPSA) is 75.7 Å². The van der Waals surface area contributed by atoms with Crippen LogP contribution >= 0.6 is 0 Å². The molecule has 3 aromatic rings. The number of methoxy groups -OCH3 is 1. The van der Waals surface area contributed by atoms with Gasteiger partial charge >= 0.3 is 6.18 Å². The molecule has 0 radical (unpaired) electrons. The van der Waals surface area contributed by atoms with E-state index < -0.39 is 27.7 Å². The number of carbonyl (C=O) groups is 1. The number of hydrogen-bond acceptors (Lipinski definition) is 4. The minimum atomic E-state index is -4.44. The molecular weight excluding hydrogens is 469 g/mol. The van der Waals surface area contributed by atoms with Gasteiger partial charge in [0, 0.05) is 25.7 Å². The molecule has 1 N–H and O–H groups in total. The second-order valence-electron chi connectivity index (χ2n) is 7.49. The first-order valence-electron chi connectivity index (χ1n) is 10.1. The summed E-state index contributed by atoms with van der Waals surface area (Å²) in [5.41, 5.74) is 0.537. The Morgan fingerprint density at radius 3 is 2.21 bits per heavy atom. The molecule has 0 heterocycles. The van der Waals surface area contributed by atoms with Gasteiger partial charge < -0.3 is 10.1 Å². The van der Waals surface area contributed by atoms with Gasteiger partial charge in [0.2, 0.25) is 10.0 Å². The summed E-state index contributed by atoms with van der Waals surface area (Å²) in [6.45, 7) is 0.0929. The summed E-state index contributed by atoms with van der Waals surface area (Å²) < 4.78 is 70.9. The Hall–Kier alpha value is -3.37. The number of hydrogen-bond donors (Lipinski definition) is 1. The number of benzene rings is 3. The predicted molar refractivity (Wildman–Crippen MR) is 121 cm³/mol. The molecule has 180 valence electrons.